The average Bonchev–Trinajstić information content (AvgIpc) is 3.07. The highest BCUT2D eigenvalue weighted by Gasteiger charge is 2.10. The average molecular weight is 352 g/mol. The molecule has 0 radical (unpaired) electrons. The van der Waals surface area contributed by atoms with Crippen molar-refractivity contribution >= 4 is 17.7 Å². The van der Waals surface area contributed by atoms with Crippen molar-refractivity contribution in [1.29, 1.82) is 0 Å². The highest BCUT2D eigenvalue weighted by molar-refractivity contribution is 7.99. The van der Waals surface area contributed by atoms with Crippen molar-refractivity contribution in [1.82, 2.24) is 19.9 Å². The van der Waals surface area contributed by atoms with Crippen LogP contribution in [0, 0.1) is 13.8 Å². The van der Waals surface area contributed by atoms with Gasteiger partial charge in [-0.25, -0.2) is 4.98 Å². The number of hydrogen-bond acceptors (Lipinski definition) is 4. The minimum atomic E-state index is -0.0240. The Bertz CT molecular complexity index is 861. The van der Waals surface area contributed by atoms with E-state index in [0.717, 1.165) is 16.4 Å². The number of carbonyl (C=O) groups is 1. The molecule has 0 spiro atoms. The summed E-state index contributed by atoms with van der Waals surface area (Å²) in [7, 11) is 0. The molecule has 0 saturated heterocycles. The van der Waals surface area contributed by atoms with Gasteiger partial charge in [0.25, 0.3) is 0 Å². The Hall–Kier alpha value is -2.60. The number of nitrogens with one attached hydrogen (secondary N) is 1. The second kappa shape index (κ2) is 7.98. The number of rotatable bonds is 6. The van der Waals surface area contributed by atoms with E-state index >= 15 is 0 Å². The second-order valence-electron chi connectivity index (χ2n) is 5.80. The van der Waals surface area contributed by atoms with Crippen molar-refractivity contribution in [3.8, 4) is 5.69 Å². The van der Waals surface area contributed by atoms with Crippen molar-refractivity contribution in [2.45, 2.75) is 25.5 Å². The van der Waals surface area contributed by atoms with Crippen LogP contribution in [-0.2, 0) is 11.3 Å². The van der Waals surface area contributed by atoms with Gasteiger partial charge in [-0.2, -0.15) is 0 Å². The van der Waals surface area contributed by atoms with Crippen LogP contribution < -0.4 is 5.32 Å². The first-order chi connectivity index (χ1) is 12.1. The number of pyridine rings is 1. The van der Waals surface area contributed by atoms with Crippen molar-refractivity contribution in [2.75, 3.05) is 5.75 Å². The van der Waals surface area contributed by atoms with Crippen molar-refractivity contribution in [3.05, 3.63) is 71.8 Å². The van der Waals surface area contributed by atoms with E-state index in [1.165, 1.54) is 22.9 Å². The number of thioether (sulfide) groups is 1. The molecule has 0 bridgehead atoms. The fraction of sp³-hybridized carbons (Fsp3) is 0.211. The van der Waals surface area contributed by atoms with Gasteiger partial charge in [-0.15, -0.1) is 0 Å². The van der Waals surface area contributed by atoms with E-state index in [1.807, 2.05) is 22.9 Å². The summed E-state index contributed by atoms with van der Waals surface area (Å²) in [5.74, 6) is 0.298. The van der Waals surface area contributed by atoms with Gasteiger partial charge in [0.15, 0.2) is 5.16 Å². The summed E-state index contributed by atoms with van der Waals surface area (Å²) in [6.45, 7) is 4.64. The summed E-state index contributed by atoms with van der Waals surface area (Å²) in [5.41, 5.74) is 4.48. The Balaban J connectivity index is 1.61. The minimum Gasteiger partial charge on any atom is -0.351 e. The molecule has 0 aliphatic rings. The van der Waals surface area contributed by atoms with E-state index < -0.39 is 0 Å². The number of amides is 1. The molecule has 0 unspecified atom stereocenters. The lowest BCUT2D eigenvalue weighted by Gasteiger charge is -2.11. The Morgan fingerprint density at radius 3 is 2.88 bits per heavy atom. The van der Waals surface area contributed by atoms with Gasteiger partial charge in [0.1, 0.15) is 0 Å². The number of carbonyl (C=O) groups excluding carboxylic acids is 1. The first-order valence-corrected chi connectivity index (χ1v) is 9.01. The first-order valence-electron chi connectivity index (χ1n) is 8.03. The monoisotopic (exact) mass is 352 g/mol. The van der Waals surface area contributed by atoms with Gasteiger partial charge in [0, 0.05) is 31.3 Å². The lowest BCUT2D eigenvalue weighted by Crippen LogP contribution is -2.24. The Morgan fingerprint density at radius 2 is 2.12 bits per heavy atom. The molecule has 0 atom stereocenters. The van der Waals surface area contributed by atoms with Gasteiger partial charge in [-0.1, -0.05) is 35.5 Å². The first kappa shape index (κ1) is 17.2. The predicted molar refractivity (Wildman–Crippen MR) is 99.8 cm³/mol. The highest BCUT2D eigenvalue weighted by Crippen LogP contribution is 2.23. The van der Waals surface area contributed by atoms with Crippen LogP contribution in [-0.4, -0.2) is 26.2 Å². The van der Waals surface area contributed by atoms with Crippen LogP contribution in [0.15, 0.2) is 60.3 Å². The molecular weight excluding hydrogens is 332 g/mol. The summed E-state index contributed by atoms with van der Waals surface area (Å²) in [6.07, 6.45) is 7.15. The van der Waals surface area contributed by atoms with Gasteiger partial charge >= 0.3 is 0 Å². The van der Waals surface area contributed by atoms with Crippen LogP contribution in [0.5, 0.6) is 0 Å². The summed E-state index contributed by atoms with van der Waals surface area (Å²) in [4.78, 5) is 20.5. The summed E-state index contributed by atoms with van der Waals surface area (Å²) in [5, 5.41) is 3.71. The number of imidazole rings is 1. The molecule has 5 nitrogen and oxygen atoms in total. The maximum Gasteiger partial charge on any atom is 0.230 e. The molecule has 128 valence electrons. The van der Waals surface area contributed by atoms with E-state index in [1.54, 1.807) is 18.6 Å². The summed E-state index contributed by atoms with van der Waals surface area (Å²) < 4.78 is 2.02. The number of aromatic nitrogens is 3. The van der Waals surface area contributed by atoms with Gasteiger partial charge in [-0.3, -0.25) is 14.3 Å². The molecule has 1 N–H and O–H groups in total. The summed E-state index contributed by atoms with van der Waals surface area (Å²) >= 11 is 1.43. The molecule has 1 aromatic carbocycles. The van der Waals surface area contributed by atoms with E-state index in [9.17, 15) is 4.79 Å². The standard InChI is InChI=1S/C19H20N4OS/c1-14-5-6-17(15(2)10-14)23-9-8-21-19(23)25-13-18(24)22-12-16-4-3-7-20-11-16/h3-11H,12-13H2,1-2H3,(H,22,24). The topological polar surface area (TPSA) is 59.8 Å². The lowest BCUT2D eigenvalue weighted by atomic mass is 10.1. The Labute approximate surface area is 151 Å². The van der Waals surface area contributed by atoms with E-state index in [2.05, 4.69) is 47.3 Å². The smallest absolute Gasteiger partial charge is 0.230 e. The van der Waals surface area contributed by atoms with Crippen LogP contribution in [0.25, 0.3) is 5.69 Å². The maximum atomic E-state index is 12.1. The molecule has 1 amide bonds. The zero-order valence-electron chi connectivity index (χ0n) is 14.3. The number of nitrogens with zero attached hydrogens (tertiary/aromatic N) is 3. The maximum absolute atomic E-state index is 12.1. The third-order valence-corrected chi connectivity index (χ3v) is 4.73. The Kier molecular flexibility index (Phi) is 5.50. The molecule has 0 aliphatic carbocycles. The minimum absolute atomic E-state index is 0.0240. The second-order valence-corrected chi connectivity index (χ2v) is 6.74. The molecule has 2 heterocycles. The molecule has 25 heavy (non-hydrogen) atoms. The zero-order valence-corrected chi connectivity index (χ0v) is 15.1. The largest absolute Gasteiger partial charge is 0.351 e. The molecule has 0 fully saturated rings. The number of hydrogen-bond donors (Lipinski definition) is 1. The van der Waals surface area contributed by atoms with E-state index in [0.29, 0.717) is 12.3 Å². The lowest BCUT2D eigenvalue weighted by molar-refractivity contribution is -0.118. The normalized spacial score (nSPS) is 10.6. The fourth-order valence-corrected chi connectivity index (χ4v) is 3.34. The fourth-order valence-electron chi connectivity index (χ4n) is 2.54. The molecule has 6 heteroatoms. The third-order valence-electron chi connectivity index (χ3n) is 3.76. The molecule has 3 aromatic rings. The quantitative estimate of drug-likeness (QED) is 0.692. The van der Waals surface area contributed by atoms with Crippen LogP contribution in [0.2, 0.25) is 0 Å². The van der Waals surface area contributed by atoms with Crippen LogP contribution in [0.4, 0.5) is 0 Å². The van der Waals surface area contributed by atoms with Gasteiger partial charge in [0.2, 0.25) is 5.91 Å². The van der Waals surface area contributed by atoms with Crippen LogP contribution >= 0.6 is 11.8 Å². The molecule has 0 saturated carbocycles. The predicted octanol–water partition coefficient (Wildman–Crippen LogP) is 3.29. The van der Waals surface area contributed by atoms with Crippen LogP contribution in [0.1, 0.15) is 16.7 Å². The van der Waals surface area contributed by atoms with Gasteiger partial charge in [-0.05, 0) is 37.1 Å². The van der Waals surface area contributed by atoms with Crippen molar-refractivity contribution in [3.63, 3.8) is 0 Å². The molecule has 0 aliphatic heterocycles. The molecular formula is C19H20N4OS. The van der Waals surface area contributed by atoms with Crippen LogP contribution in [0.3, 0.4) is 0 Å². The Morgan fingerprint density at radius 1 is 1.24 bits per heavy atom. The van der Waals surface area contributed by atoms with Crippen molar-refractivity contribution < 1.29 is 4.79 Å². The van der Waals surface area contributed by atoms with Gasteiger partial charge < -0.3 is 5.32 Å². The van der Waals surface area contributed by atoms with E-state index in [4.69, 9.17) is 0 Å². The highest BCUT2D eigenvalue weighted by atomic mass is 32.2. The number of aryl methyl sites for hydroxylation is 2. The number of benzene rings is 1. The third kappa shape index (κ3) is 4.48. The SMILES string of the molecule is Cc1ccc(-n2ccnc2SCC(=O)NCc2cccnc2)c(C)c1. The van der Waals surface area contributed by atoms with Crippen molar-refractivity contribution in [2.24, 2.45) is 0 Å². The summed E-state index contributed by atoms with van der Waals surface area (Å²) in [6, 6.07) is 10.1. The molecule has 3 rings (SSSR count). The van der Waals surface area contributed by atoms with E-state index in [-0.39, 0.29) is 5.91 Å². The van der Waals surface area contributed by atoms with Gasteiger partial charge in [0.05, 0.1) is 11.4 Å². The zero-order chi connectivity index (χ0) is 17.6. The molecule has 2 aromatic heterocycles.